The highest BCUT2D eigenvalue weighted by molar-refractivity contribution is 8.22. The molecule has 0 spiro atoms. The maximum atomic E-state index is 10.1. The van der Waals surface area contributed by atoms with Gasteiger partial charge in [-0.2, -0.15) is 0 Å². The minimum atomic E-state index is -0.105. The highest BCUT2D eigenvalue weighted by Crippen LogP contribution is 2.38. The van der Waals surface area contributed by atoms with Gasteiger partial charge in [0.05, 0.1) is 0 Å². The van der Waals surface area contributed by atoms with Crippen LogP contribution in [0.2, 0.25) is 0 Å². The second kappa shape index (κ2) is 3.62. The SMILES string of the molecule is CC(CC=O)[SH]1C=CC=C1. The Kier molecular flexibility index (Phi) is 2.75. The van der Waals surface area contributed by atoms with E-state index in [0.29, 0.717) is 11.7 Å². The second-order valence-corrected chi connectivity index (χ2v) is 4.75. The number of thiol groups is 1. The molecule has 0 amide bonds. The number of hydrogen-bond donors (Lipinski definition) is 1. The molecule has 0 aromatic heterocycles. The number of allylic oxidation sites excluding steroid dienone is 2. The Hall–Kier alpha value is -0.500. The van der Waals surface area contributed by atoms with Gasteiger partial charge >= 0.3 is 0 Å². The minimum absolute atomic E-state index is 0.105. The summed E-state index contributed by atoms with van der Waals surface area (Å²) in [5.41, 5.74) is 0. The van der Waals surface area contributed by atoms with Crippen molar-refractivity contribution in [2.24, 2.45) is 0 Å². The first kappa shape index (κ1) is 7.61. The summed E-state index contributed by atoms with van der Waals surface area (Å²) in [6.07, 6.45) is 5.83. The highest BCUT2D eigenvalue weighted by atomic mass is 32.2. The van der Waals surface area contributed by atoms with Gasteiger partial charge in [-0.1, -0.05) is 19.1 Å². The van der Waals surface area contributed by atoms with Crippen molar-refractivity contribution in [3.8, 4) is 0 Å². The normalized spacial score (nSPS) is 21.5. The molecule has 1 heterocycles. The van der Waals surface area contributed by atoms with E-state index in [2.05, 4.69) is 29.9 Å². The Bertz CT molecular complexity index is 160. The summed E-state index contributed by atoms with van der Waals surface area (Å²) in [6, 6.07) is 0. The second-order valence-electron chi connectivity index (χ2n) is 2.38. The predicted octanol–water partition coefficient (Wildman–Crippen LogP) is 2.01. The zero-order valence-corrected chi connectivity index (χ0v) is 6.92. The minimum Gasteiger partial charge on any atom is -0.303 e. The number of rotatable bonds is 3. The monoisotopic (exact) mass is 156 g/mol. The summed E-state index contributed by atoms with van der Waals surface area (Å²) in [6.45, 7) is 2.13. The molecular formula is C8H12OS. The van der Waals surface area contributed by atoms with E-state index in [1.807, 2.05) is 0 Å². The lowest BCUT2D eigenvalue weighted by Crippen LogP contribution is -1.99. The molecule has 0 aliphatic carbocycles. The molecule has 1 aliphatic rings. The zero-order chi connectivity index (χ0) is 7.40. The Morgan fingerprint density at radius 1 is 1.50 bits per heavy atom. The van der Waals surface area contributed by atoms with Crippen molar-refractivity contribution in [2.75, 3.05) is 0 Å². The third kappa shape index (κ3) is 1.74. The molecule has 2 heteroatoms. The van der Waals surface area contributed by atoms with E-state index >= 15 is 0 Å². The highest BCUT2D eigenvalue weighted by Gasteiger charge is 2.07. The van der Waals surface area contributed by atoms with Gasteiger partial charge in [-0.25, -0.2) is 10.9 Å². The van der Waals surface area contributed by atoms with Crippen LogP contribution in [0.4, 0.5) is 0 Å². The topological polar surface area (TPSA) is 17.1 Å². The Balaban J connectivity index is 2.40. The van der Waals surface area contributed by atoms with Gasteiger partial charge in [0, 0.05) is 6.42 Å². The van der Waals surface area contributed by atoms with Crippen LogP contribution < -0.4 is 0 Å². The van der Waals surface area contributed by atoms with Crippen LogP contribution in [0, 0.1) is 0 Å². The average Bonchev–Trinajstić information content (AvgIpc) is 2.38. The molecule has 0 fully saturated rings. The third-order valence-electron chi connectivity index (χ3n) is 1.57. The van der Waals surface area contributed by atoms with Crippen LogP contribution in [0.3, 0.4) is 0 Å². The summed E-state index contributed by atoms with van der Waals surface area (Å²) in [7, 11) is -0.105. The van der Waals surface area contributed by atoms with Crippen LogP contribution in [0.1, 0.15) is 13.3 Å². The lowest BCUT2D eigenvalue weighted by molar-refractivity contribution is -0.107. The van der Waals surface area contributed by atoms with Crippen LogP contribution >= 0.6 is 10.9 Å². The summed E-state index contributed by atoms with van der Waals surface area (Å²) in [4.78, 5) is 10.1. The molecule has 1 aliphatic heterocycles. The maximum absolute atomic E-state index is 10.1. The molecule has 0 bridgehead atoms. The van der Waals surface area contributed by atoms with Crippen molar-refractivity contribution in [2.45, 2.75) is 18.6 Å². The number of carbonyl (C=O) groups is 1. The molecule has 1 nitrogen and oxygen atoms in total. The molecule has 10 heavy (non-hydrogen) atoms. The number of carbonyl (C=O) groups excluding carboxylic acids is 1. The van der Waals surface area contributed by atoms with E-state index in [4.69, 9.17) is 0 Å². The molecule has 0 saturated heterocycles. The molecular weight excluding hydrogens is 144 g/mol. The van der Waals surface area contributed by atoms with E-state index in [0.717, 1.165) is 6.29 Å². The third-order valence-corrected chi connectivity index (χ3v) is 3.84. The zero-order valence-electron chi connectivity index (χ0n) is 6.03. The predicted molar refractivity (Wildman–Crippen MR) is 47.4 cm³/mol. The number of aldehydes is 1. The van der Waals surface area contributed by atoms with Crippen LogP contribution in [0.5, 0.6) is 0 Å². The summed E-state index contributed by atoms with van der Waals surface area (Å²) in [5.74, 6) is 0. The van der Waals surface area contributed by atoms with Gasteiger partial charge in [-0.15, -0.1) is 0 Å². The average molecular weight is 156 g/mol. The smallest absolute Gasteiger partial charge is 0.121 e. The fourth-order valence-electron chi connectivity index (χ4n) is 0.903. The molecule has 0 radical (unpaired) electrons. The first-order valence-electron chi connectivity index (χ1n) is 3.40. The Morgan fingerprint density at radius 2 is 2.10 bits per heavy atom. The molecule has 1 atom stereocenters. The summed E-state index contributed by atoms with van der Waals surface area (Å²) >= 11 is 0. The number of hydrogen-bond acceptors (Lipinski definition) is 1. The maximum Gasteiger partial charge on any atom is 0.121 e. The van der Waals surface area contributed by atoms with E-state index in [1.54, 1.807) is 0 Å². The molecule has 0 saturated carbocycles. The largest absolute Gasteiger partial charge is 0.303 e. The fourth-order valence-corrected chi connectivity index (χ4v) is 2.52. The molecule has 1 rings (SSSR count). The van der Waals surface area contributed by atoms with Crippen molar-refractivity contribution >= 4 is 17.2 Å². The molecule has 0 N–H and O–H groups in total. The molecule has 1 unspecified atom stereocenters. The Labute approximate surface area is 64.2 Å². The van der Waals surface area contributed by atoms with Gasteiger partial charge < -0.3 is 4.79 Å². The van der Waals surface area contributed by atoms with Crippen molar-refractivity contribution in [1.29, 1.82) is 0 Å². The summed E-state index contributed by atoms with van der Waals surface area (Å²) < 4.78 is 0. The standard InChI is InChI=1S/C8H12OS/c1-8(4-5-9)10-6-2-3-7-10/h2-3,5-8,10H,4H2,1H3. The molecule has 0 aromatic rings. The van der Waals surface area contributed by atoms with Crippen molar-refractivity contribution in [3.05, 3.63) is 23.0 Å². The van der Waals surface area contributed by atoms with Crippen LogP contribution in [0.25, 0.3) is 0 Å². The van der Waals surface area contributed by atoms with Gasteiger partial charge in [-0.3, -0.25) is 0 Å². The van der Waals surface area contributed by atoms with E-state index in [1.165, 1.54) is 0 Å². The van der Waals surface area contributed by atoms with E-state index < -0.39 is 0 Å². The first-order valence-corrected chi connectivity index (χ1v) is 4.95. The van der Waals surface area contributed by atoms with Gasteiger partial charge in [0.1, 0.15) is 6.29 Å². The van der Waals surface area contributed by atoms with Gasteiger partial charge in [0.2, 0.25) is 0 Å². The van der Waals surface area contributed by atoms with E-state index in [-0.39, 0.29) is 10.9 Å². The van der Waals surface area contributed by atoms with Crippen LogP contribution in [-0.4, -0.2) is 11.5 Å². The summed E-state index contributed by atoms with van der Waals surface area (Å²) in [5, 5.41) is 4.93. The fraction of sp³-hybridized carbons (Fsp3) is 0.375. The van der Waals surface area contributed by atoms with Gasteiger partial charge in [0.25, 0.3) is 0 Å². The van der Waals surface area contributed by atoms with Gasteiger partial charge in [0.15, 0.2) is 0 Å². The quantitative estimate of drug-likeness (QED) is 0.488. The van der Waals surface area contributed by atoms with Crippen LogP contribution in [0.15, 0.2) is 23.0 Å². The van der Waals surface area contributed by atoms with Crippen molar-refractivity contribution in [1.82, 2.24) is 0 Å². The van der Waals surface area contributed by atoms with E-state index in [9.17, 15) is 4.79 Å². The van der Waals surface area contributed by atoms with Crippen molar-refractivity contribution in [3.63, 3.8) is 0 Å². The molecule has 0 aromatic carbocycles. The Morgan fingerprint density at radius 3 is 2.60 bits per heavy atom. The van der Waals surface area contributed by atoms with Crippen LogP contribution in [-0.2, 0) is 4.79 Å². The lowest BCUT2D eigenvalue weighted by atomic mass is 10.4. The molecule has 56 valence electrons. The lowest BCUT2D eigenvalue weighted by Gasteiger charge is -2.16. The van der Waals surface area contributed by atoms with Crippen molar-refractivity contribution < 1.29 is 4.79 Å². The first-order chi connectivity index (χ1) is 4.84. The van der Waals surface area contributed by atoms with Gasteiger partial charge in [-0.05, 0) is 16.1 Å².